The van der Waals surface area contributed by atoms with Crippen molar-refractivity contribution < 1.29 is 23.9 Å². The summed E-state index contributed by atoms with van der Waals surface area (Å²) in [6.45, 7) is 2.24. The van der Waals surface area contributed by atoms with Gasteiger partial charge in [0.15, 0.2) is 0 Å². The minimum Gasteiger partial charge on any atom is -0.373 e. The molecule has 3 N–H and O–H groups in total. The predicted octanol–water partition coefficient (Wildman–Crippen LogP) is 7.32. The molecule has 0 saturated heterocycles. The normalized spacial score (nSPS) is 15.0. The molecule has 196 valence electrons. The predicted molar refractivity (Wildman–Crippen MR) is 142 cm³/mol. The first kappa shape index (κ1) is 32.5. The van der Waals surface area contributed by atoms with Gasteiger partial charge in [0.05, 0.1) is 21.1 Å². The lowest BCUT2D eigenvalue weighted by atomic mass is 10.0. The highest BCUT2D eigenvalue weighted by atomic mass is 31.2. The van der Waals surface area contributed by atoms with Crippen LogP contribution in [0.4, 0.5) is 0 Å². The molecule has 0 aromatic heterocycles. The largest absolute Gasteiger partial charge is 0.373 e. The Balaban J connectivity index is 3.58. The molecule has 0 saturated carbocycles. The summed E-state index contributed by atoms with van der Waals surface area (Å²) in [5.41, 5.74) is 0. The molecule has 0 amide bonds. The number of quaternary nitrogens is 1. The summed E-state index contributed by atoms with van der Waals surface area (Å²) >= 11 is 0. The number of hydrogen-bond acceptors (Lipinski definition) is 2. The molecule has 0 aliphatic carbocycles. The fraction of sp³-hybridized carbons (Fsp3) is 0.852. The molecule has 0 fully saturated rings. The highest BCUT2D eigenvalue weighted by Crippen LogP contribution is 2.52. The van der Waals surface area contributed by atoms with E-state index in [9.17, 15) is 19.5 Å². The van der Waals surface area contributed by atoms with Crippen LogP contribution in [0.2, 0.25) is 0 Å². The Bertz CT molecular complexity index is 565. The second-order valence-electron chi connectivity index (χ2n) is 10.7. The summed E-state index contributed by atoms with van der Waals surface area (Å²) < 4.78 is 12.1. The zero-order valence-electron chi connectivity index (χ0n) is 22.2. The molecule has 0 aliphatic heterocycles. The number of aliphatic hydroxyl groups is 1. The number of unbranched alkanes of at least 4 members (excludes halogenated alkanes) is 13. The Kier molecular flexibility index (Phi) is 18.6. The van der Waals surface area contributed by atoms with Crippen LogP contribution in [-0.4, -0.2) is 52.4 Å². The van der Waals surface area contributed by atoms with Crippen LogP contribution in [0.3, 0.4) is 0 Å². The van der Waals surface area contributed by atoms with Crippen molar-refractivity contribution in [1.82, 2.24) is 0 Å². The van der Waals surface area contributed by atoms with E-state index in [0.717, 1.165) is 19.3 Å². The van der Waals surface area contributed by atoms with Gasteiger partial charge in [-0.05, 0) is 57.8 Å². The average Bonchev–Trinajstić information content (AvgIpc) is 2.70. The van der Waals surface area contributed by atoms with Crippen LogP contribution in [0.5, 0.6) is 0 Å². The molecule has 0 bridgehead atoms. The monoisotopic (exact) mass is 488 g/mol. The van der Waals surface area contributed by atoms with Gasteiger partial charge < -0.3 is 19.4 Å². The van der Waals surface area contributed by atoms with Crippen molar-refractivity contribution >= 4 is 7.60 Å². The number of likely N-dealkylation sites (N-methyl/N-ethyl adjacent to an activating group) is 1. The number of rotatable bonds is 22. The molecule has 5 nitrogen and oxygen atoms in total. The molecular formula is C27H55NO4P+. The van der Waals surface area contributed by atoms with Crippen molar-refractivity contribution in [3.8, 4) is 0 Å². The Morgan fingerprint density at radius 2 is 1.03 bits per heavy atom. The maximum Gasteiger partial charge on any atom is 0.362 e. The maximum atomic E-state index is 11.8. The molecule has 0 radical (unpaired) electrons. The molecule has 33 heavy (non-hydrogen) atoms. The van der Waals surface area contributed by atoms with Crippen molar-refractivity contribution in [2.75, 3.05) is 27.7 Å². The molecule has 0 aromatic rings. The summed E-state index contributed by atoms with van der Waals surface area (Å²) in [6.07, 6.45) is 28.4. The first-order valence-electron chi connectivity index (χ1n) is 13.4. The summed E-state index contributed by atoms with van der Waals surface area (Å²) in [7, 11) is 0.975. The van der Waals surface area contributed by atoms with Gasteiger partial charge in [-0.1, -0.05) is 82.6 Å². The molecule has 0 heterocycles. The first-order valence-corrected chi connectivity index (χ1v) is 15.0. The first-order chi connectivity index (χ1) is 15.5. The minimum atomic E-state index is -4.55. The number of hydrogen-bond donors (Lipinski definition) is 3. The van der Waals surface area contributed by atoms with Crippen molar-refractivity contribution in [2.24, 2.45) is 0 Å². The zero-order valence-corrected chi connectivity index (χ0v) is 23.1. The lowest BCUT2D eigenvalue weighted by Gasteiger charge is -2.35. The molecule has 1 unspecified atom stereocenters. The third-order valence-corrected chi connectivity index (χ3v) is 7.48. The van der Waals surface area contributed by atoms with E-state index < -0.39 is 12.9 Å². The lowest BCUT2D eigenvalue weighted by molar-refractivity contribution is -0.875. The summed E-state index contributed by atoms with van der Waals surface area (Å²) in [6, 6.07) is 0. The van der Waals surface area contributed by atoms with Crippen molar-refractivity contribution in [3.63, 3.8) is 0 Å². The molecule has 0 aromatic carbocycles. The van der Waals surface area contributed by atoms with E-state index in [4.69, 9.17) is 0 Å². The molecule has 1 atom stereocenters. The van der Waals surface area contributed by atoms with E-state index in [1.54, 1.807) is 0 Å². The SMILES string of the molecule is CC/C=C\CCCC/C=C\CCCCCCCCCCCCC(O)(C[N+](C)(C)C)P(=O)(O)O. The van der Waals surface area contributed by atoms with E-state index in [1.165, 1.54) is 77.0 Å². The molecule has 0 aliphatic rings. The third-order valence-electron chi connectivity index (χ3n) is 6.03. The molecule has 0 rings (SSSR count). The quantitative estimate of drug-likeness (QED) is 0.0645. The Hall–Kier alpha value is -0.450. The van der Waals surface area contributed by atoms with Crippen molar-refractivity contribution in [2.45, 2.75) is 121 Å². The van der Waals surface area contributed by atoms with Gasteiger partial charge in [-0.15, -0.1) is 0 Å². The van der Waals surface area contributed by atoms with Crippen LogP contribution < -0.4 is 0 Å². The van der Waals surface area contributed by atoms with Gasteiger partial charge in [0.1, 0.15) is 6.54 Å². The molecule has 0 spiro atoms. The Morgan fingerprint density at radius 3 is 1.42 bits per heavy atom. The molecular weight excluding hydrogens is 433 g/mol. The summed E-state index contributed by atoms with van der Waals surface area (Å²) in [5.74, 6) is 0. The van der Waals surface area contributed by atoms with Gasteiger partial charge >= 0.3 is 7.60 Å². The maximum absolute atomic E-state index is 11.8. The second-order valence-corrected chi connectivity index (χ2v) is 12.6. The van der Waals surface area contributed by atoms with Crippen LogP contribution in [0.1, 0.15) is 116 Å². The van der Waals surface area contributed by atoms with Crippen LogP contribution in [0.15, 0.2) is 24.3 Å². The third kappa shape index (κ3) is 19.5. The van der Waals surface area contributed by atoms with Crippen molar-refractivity contribution in [3.05, 3.63) is 24.3 Å². The van der Waals surface area contributed by atoms with Crippen molar-refractivity contribution in [1.29, 1.82) is 0 Å². The molecule has 6 heteroatoms. The van der Waals surface area contributed by atoms with Crippen LogP contribution >= 0.6 is 7.60 Å². The fourth-order valence-corrected chi connectivity index (χ4v) is 5.26. The van der Waals surface area contributed by atoms with Gasteiger partial charge in [-0.3, -0.25) is 4.57 Å². The Morgan fingerprint density at radius 1 is 0.667 bits per heavy atom. The van der Waals surface area contributed by atoms with E-state index >= 15 is 0 Å². The summed E-state index contributed by atoms with van der Waals surface area (Å²) in [5, 5.41) is 8.64. The topological polar surface area (TPSA) is 77.8 Å². The van der Waals surface area contributed by atoms with E-state index in [1.807, 2.05) is 21.1 Å². The highest BCUT2D eigenvalue weighted by Gasteiger charge is 2.48. The van der Waals surface area contributed by atoms with Gasteiger partial charge in [-0.25, -0.2) is 0 Å². The van der Waals surface area contributed by atoms with Crippen LogP contribution in [0.25, 0.3) is 0 Å². The minimum absolute atomic E-state index is 0.0595. The van der Waals surface area contributed by atoms with Gasteiger partial charge in [-0.2, -0.15) is 0 Å². The van der Waals surface area contributed by atoms with Gasteiger partial charge in [0, 0.05) is 0 Å². The highest BCUT2D eigenvalue weighted by molar-refractivity contribution is 7.53. The van der Waals surface area contributed by atoms with E-state index in [0.29, 0.717) is 10.9 Å². The lowest BCUT2D eigenvalue weighted by Crippen LogP contribution is -2.49. The number of allylic oxidation sites excluding steroid dienone is 4. The number of nitrogens with zero attached hydrogens (tertiary/aromatic N) is 1. The average molecular weight is 489 g/mol. The second kappa shape index (κ2) is 18.8. The summed E-state index contributed by atoms with van der Waals surface area (Å²) in [4.78, 5) is 19.2. The fourth-order valence-electron chi connectivity index (χ4n) is 4.21. The van der Waals surface area contributed by atoms with E-state index in [-0.39, 0.29) is 13.0 Å². The van der Waals surface area contributed by atoms with Gasteiger partial charge in [0.25, 0.3) is 0 Å². The van der Waals surface area contributed by atoms with Crippen LogP contribution in [0, 0.1) is 0 Å². The van der Waals surface area contributed by atoms with E-state index in [2.05, 4.69) is 31.2 Å². The smallest absolute Gasteiger partial charge is 0.362 e. The zero-order chi connectivity index (χ0) is 25.1. The van der Waals surface area contributed by atoms with Gasteiger partial charge in [0.2, 0.25) is 5.34 Å². The Labute approximate surface area is 205 Å². The standard InChI is InChI=1S/C27H54NO4P/c1-5-6-7-8-9-10-11-12-13-14-15-16-17-18-19-20-21-22-23-24-25-27(29,33(30,31)32)26-28(2,3)4/h6-7,12-13,29H,5,8-11,14-26H2,1-4H3,(H-,30,31,32)/p+1/b7-6-,13-12-. The van der Waals surface area contributed by atoms with Crippen LogP contribution in [-0.2, 0) is 4.57 Å².